The van der Waals surface area contributed by atoms with Crippen molar-refractivity contribution in [1.82, 2.24) is 14.7 Å². The van der Waals surface area contributed by atoms with Gasteiger partial charge in [-0.1, -0.05) is 29.8 Å². The second-order valence-corrected chi connectivity index (χ2v) is 15.6. The number of carbonyl (C=O) groups excluding carboxylic acids is 1. The van der Waals surface area contributed by atoms with Crippen molar-refractivity contribution >= 4 is 65.8 Å². The molecule has 1 fully saturated rings. The van der Waals surface area contributed by atoms with Crippen LogP contribution in [-0.2, 0) is 25.6 Å². The number of hydrogen-bond donors (Lipinski definition) is 2. The third-order valence-corrected chi connectivity index (χ3v) is 10.6. The largest absolute Gasteiger partial charge is 0.444 e. The van der Waals surface area contributed by atoms with Crippen molar-refractivity contribution in [2.45, 2.75) is 55.4 Å². The minimum Gasteiger partial charge on any atom is -0.444 e. The molecule has 216 valence electrons. The number of anilines is 1. The van der Waals surface area contributed by atoms with Crippen LogP contribution in [0.4, 0.5) is 10.6 Å². The highest BCUT2D eigenvalue weighted by Crippen LogP contribution is 2.41. The summed E-state index contributed by atoms with van der Waals surface area (Å²) in [5.74, 6) is 0.171. The van der Waals surface area contributed by atoms with E-state index in [9.17, 15) is 17.4 Å². The molecule has 4 aromatic rings. The van der Waals surface area contributed by atoms with Crippen molar-refractivity contribution < 1.29 is 22.2 Å². The van der Waals surface area contributed by atoms with Gasteiger partial charge >= 0.3 is 6.09 Å². The Balaban J connectivity index is 1.59. The van der Waals surface area contributed by atoms with Crippen molar-refractivity contribution in [3.8, 4) is 11.3 Å². The van der Waals surface area contributed by atoms with Crippen LogP contribution in [0.2, 0.25) is 5.02 Å². The molecule has 3 heterocycles. The van der Waals surface area contributed by atoms with E-state index in [1.807, 2.05) is 24.3 Å². The molecule has 3 aromatic heterocycles. The zero-order chi connectivity index (χ0) is 29.5. The van der Waals surface area contributed by atoms with Crippen LogP contribution in [0.5, 0.6) is 0 Å². The van der Waals surface area contributed by atoms with E-state index in [1.54, 1.807) is 51.4 Å². The van der Waals surface area contributed by atoms with Crippen LogP contribution < -0.4 is 10.0 Å². The van der Waals surface area contributed by atoms with Crippen LogP contribution in [0.15, 0.2) is 59.6 Å². The number of nitrogens with one attached hydrogen (secondary N) is 2. The molecule has 0 aliphatic heterocycles. The summed E-state index contributed by atoms with van der Waals surface area (Å²) in [5, 5.41) is 3.24. The molecular weight excluding hydrogens is 604 g/mol. The van der Waals surface area contributed by atoms with E-state index in [0.29, 0.717) is 28.3 Å². The molecule has 2 atom stereocenters. The van der Waals surface area contributed by atoms with Crippen LogP contribution in [0.1, 0.15) is 50.2 Å². The van der Waals surface area contributed by atoms with Gasteiger partial charge in [-0.3, -0.25) is 14.5 Å². The summed E-state index contributed by atoms with van der Waals surface area (Å²) in [4.78, 5) is 22.8. The number of sulfonamides is 1. The van der Waals surface area contributed by atoms with Gasteiger partial charge in [0.25, 0.3) is 0 Å². The maximum absolute atomic E-state index is 13.2. The fraction of sp³-hybridized carbons (Fsp3) is 0.321. The highest BCUT2D eigenvalue weighted by atomic mass is 35.5. The summed E-state index contributed by atoms with van der Waals surface area (Å²) < 4.78 is 47.5. The molecule has 2 N–H and O–H groups in total. The zero-order valence-electron chi connectivity index (χ0n) is 22.8. The number of amides is 1. The van der Waals surface area contributed by atoms with Crippen molar-refractivity contribution in [1.29, 1.82) is 0 Å². The standard InChI is InChI=1S/C28H29ClN4O5S3/c1-28(2,3)38-27(34)32-23-11-10-20(29)24(31-23)25(33-41(36,37)18-8-9-18)22-14-16-6-5-7-19(26(16)39-22)21-15-17(40(4)35)12-13-30-21/h5-7,10-15,18,25,33H,8-9H2,1-4H3,(H,31,32,34). The lowest BCUT2D eigenvalue weighted by Crippen LogP contribution is -2.32. The average Bonchev–Trinajstić information content (AvgIpc) is 3.67. The van der Waals surface area contributed by atoms with Gasteiger partial charge < -0.3 is 4.74 Å². The number of nitrogens with zero attached hydrogens (tertiary/aromatic N) is 2. The van der Waals surface area contributed by atoms with Crippen molar-refractivity contribution in [2.75, 3.05) is 11.6 Å². The lowest BCUT2D eigenvalue weighted by atomic mass is 10.1. The molecule has 5 rings (SSSR count). The lowest BCUT2D eigenvalue weighted by Gasteiger charge is -2.21. The highest BCUT2D eigenvalue weighted by molar-refractivity contribution is 7.90. The normalized spacial score (nSPS) is 15.4. The summed E-state index contributed by atoms with van der Waals surface area (Å²) in [5.41, 5.74) is 1.02. The topological polar surface area (TPSA) is 127 Å². The van der Waals surface area contributed by atoms with Gasteiger partial charge in [0.2, 0.25) is 10.0 Å². The van der Waals surface area contributed by atoms with Gasteiger partial charge in [0, 0.05) is 43.3 Å². The molecule has 1 aromatic carbocycles. The summed E-state index contributed by atoms with van der Waals surface area (Å²) in [6, 6.07) is 13.3. The van der Waals surface area contributed by atoms with Crippen LogP contribution >= 0.6 is 22.9 Å². The molecular formula is C28H29ClN4O5S3. The van der Waals surface area contributed by atoms with Crippen molar-refractivity contribution in [2.24, 2.45) is 0 Å². The van der Waals surface area contributed by atoms with Gasteiger partial charge in [-0.15, -0.1) is 11.3 Å². The molecule has 1 amide bonds. The second kappa shape index (κ2) is 11.4. The molecule has 13 heteroatoms. The molecule has 0 bridgehead atoms. The SMILES string of the molecule is CS(=O)c1ccnc(-c2cccc3cc(C(NS(=O)(=O)C4CC4)c4nc(NC(=O)OC(C)(C)C)ccc4Cl)sc23)c1. The Morgan fingerprint density at radius 3 is 2.61 bits per heavy atom. The summed E-state index contributed by atoms with van der Waals surface area (Å²) >= 11 is 8.00. The molecule has 1 aliphatic carbocycles. The van der Waals surface area contributed by atoms with E-state index in [-0.39, 0.29) is 16.5 Å². The number of hydrogen-bond acceptors (Lipinski definition) is 8. The van der Waals surface area contributed by atoms with Crippen molar-refractivity contribution in [3.63, 3.8) is 0 Å². The molecule has 41 heavy (non-hydrogen) atoms. The fourth-order valence-corrected chi connectivity index (χ4v) is 7.76. The van der Waals surface area contributed by atoms with Gasteiger partial charge in [-0.25, -0.2) is 22.9 Å². The Morgan fingerprint density at radius 2 is 1.93 bits per heavy atom. The van der Waals surface area contributed by atoms with Crippen LogP contribution in [-0.4, -0.2) is 45.8 Å². The molecule has 1 saturated carbocycles. The Labute approximate surface area is 250 Å². The number of thiophene rings is 1. The highest BCUT2D eigenvalue weighted by Gasteiger charge is 2.39. The number of rotatable bonds is 8. The smallest absolute Gasteiger partial charge is 0.413 e. The van der Waals surface area contributed by atoms with Gasteiger partial charge in [0.15, 0.2) is 0 Å². The Morgan fingerprint density at radius 1 is 1.17 bits per heavy atom. The quantitative estimate of drug-likeness (QED) is 0.234. The molecule has 0 saturated heterocycles. The Bertz CT molecular complexity index is 1760. The summed E-state index contributed by atoms with van der Waals surface area (Å²) in [7, 11) is -4.85. The second-order valence-electron chi connectivity index (χ2n) is 10.7. The monoisotopic (exact) mass is 632 g/mol. The number of pyridine rings is 2. The number of ether oxygens (including phenoxy) is 1. The van der Waals surface area contributed by atoms with E-state index in [2.05, 4.69) is 20.0 Å². The molecule has 0 radical (unpaired) electrons. The first-order valence-electron chi connectivity index (χ1n) is 12.8. The zero-order valence-corrected chi connectivity index (χ0v) is 26.0. The fourth-order valence-electron chi connectivity index (χ4n) is 4.19. The van der Waals surface area contributed by atoms with Gasteiger partial charge in [-0.05, 0) is 69.3 Å². The predicted octanol–water partition coefficient (Wildman–Crippen LogP) is 6.27. The molecule has 1 aliphatic rings. The first-order valence-corrected chi connectivity index (χ1v) is 17.1. The first-order chi connectivity index (χ1) is 19.3. The average molecular weight is 633 g/mol. The maximum atomic E-state index is 13.2. The van der Waals surface area contributed by atoms with E-state index >= 15 is 0 Å². The van der Waals surface area contributed by atoms with Gasteiger partial charge in [0.1, 0.15) is 11.4 Å². The number of carbonyl (C=O) groups is 1. The maximum Gasteiger partial charge on any atom is 0.413 e. The third-order valence-electron chi connectivity index (χ3n) is 6.21. The van der Waals surface area contributed by atoms with E-state index < -0.39 is 43.8 Å². The summed E-state index contributed by atoms with van der Waals surface area (Å²) in [6.07, 6.45) is 3.71. The molecule has 2 unspecified atom stereocenters. The minimum atomic E-state index is -3.67. The van der Waals surface area contributed by atoms with E-state index in [0.717, 1.165) is 15.6 Å². The van der Waals surface area contributed by atoms with E-state index in [4.69, 9.17) is 16.3 Å². The lowest BCUT2D eigenvalue weighted by molar-refractivity contribution is 0.0635. The number of fused-ring (bicyclic) bond motifs is 1. The molecule has 9 nitrogen and oxygen atoms in total. The molecule has 0 spiro atoms. The van der Waals surface area contributed by atoms with Crippen molar-refractivity contribution in [3.05, 3.63) is 70.3 Å². The van der Waals surface area contributed by atoms with E-state index in [1.165, 1.54) is 17.4 Å². The number of benzene rings is 1. The number of aromatic nitrogens is 2. The van der Waals surface area contributed by atoms with Gasteiger partial charge in [-0.2, -0.15) is 0 Å². The Kier molecular flexibility index (Phi) is 8.23. The van der Waals surface area contributed by atoms with Crippen LogP contribution in [0.3, 0.4) is 0 Å². The van der Waals surface area contributed by atoms with Gasteiger partial charge in [0.05, 0.1) is 27.7 Å². The predicted molar refractivity (Wildman–Crippen MR) is 163 cm³/mol. The van der Waals surface area contributed by atoms with Crippen LogP contribution in [0.25, 0.3) is 21.3 Å². The third kappa shape index (κ3) is 6.95. The summed E-state index contributed by atoms with van der Waals surface area (Å²) in [6.45, 7) is 5.25. The number of halogens is 1. The first kappa shape index (κ1) is 29.6. The minimum absolute atomic E-state index is 0.171. The van der Waals surface area contributed by atoms with Crippen LogP contribution in [0, 0.1) is 0 Å². The Hall–Kier alpha value is -2.90.